The van der Waals surface area contributed by atoms with Crippen LogP contribution < -0.4 is 5.32 Å². The number of amides is 1. The van der Waals surface area contributed by atoms with Crippen LogP contribution in [0.15, 0.2) is 36.4 Å². The summed E-state index contributed by atoms with van der Waals surface area (Å²) < 4.78 is 0. The van der Waals surface area contributed by atoms with Gasteiger partial charge in [0.1, 0.15) is 6.04 Å². The molecule has 0 bridgehead atoms. The zero-order valence-electron chi connectivity index (χ0n) is 15.3. The van der Waals surface area contributed by atoms with Gasteiger partial charge in [0.25, 0.3) is 0 Å². The van der Waals surface area contributed by atoms with Gasteiger partial charge in [-0.25, -0.2) is 0 Å². The normalized spacial score (nSPS) is 19.8. The lowest BCUT2D eigenvalue weighted by Crippen LogP contribution is -2.46. The topological polar surface area (TPSA) is 61.0 Å². The molecule has 1 aromatic heterocycles. The highest BCUT2D eigenvalue weighted by atomic mass is 16.2. The number of rotatable bonds is 5. The van der Waals surface area contributed by atoms with E-state index < -0.39 is 0 Å². The van der Waals surface area contributed by atoms with Crippen LogP contribution in [-0.2, 0) is 4.79 Å². The van der Waals surface area contributed by atoms with Crippen molar-refractivity contribution >= 4 is 5.91 Å². The zero-order valence-corrected chi connectivity index (χ0v) is 15.3. The number of carbonyl (C=O) groups is 1. The molecule has 1 aliphatic rings. The summed E-state index contributed by atoms with van der Waals surface area (Å²) in [4.78, 5) is 15.2. The van der Waals surface area contributed by atoms with Crippen molar-refractivity contribution < 1.29 is 4.79 Å². The molecule has 0 aliphatic carbocycles. The minimum atomic E-state index is -0.244. The Labute approximate surface area is 149 Å². The average Bonchev–Trinajstić information content (AvgIpc) is 3.02. The van der Waals surface area contributed by atoms with E-state index in [1.807, 2.05) is 51.1 Å². The predicted octanol–water partition coefficient (Wildman–Crippen LogP) is 3.16. The first-order valence-corrected chi connectivity index (χ1v) is 9.16. The molecule has 2 heterocycles. The quantitative estimate of drug-likeness (QED) is 0.879. The van der Waals surface area contributed by atoms with Gasteiger partial charge in [-0.05, 0) is 51.8 Å². The number of nitrogens with one attached hydrogen (secondary N) is 2. The third-order valence-electron chi connectivity index (χ3n) is 4.76. The molecule has 0 saturated carbocycles. The standard InChI is InChI=1S/C20H28N4O/c1-14(2)21-20(25)19(16-8-5-4-6-9-16)24-11-7-10-17(13-24)18-12-15(3)22-23-18/h4-6,8-9,12,14,17,19H,7,10-11,13H2,1-3H3,(H,21,25)(H,22,23)/t17-,19+/m1/s1. The van der Waals surface area contributed by atoms with Crippen molar-refractivity contribution in [2.75, 3.05) is 13.1 Å². The monoisotopic (exact) mass is 340 g/mol. The Bertz CT molecular complexity index is 695. The second-order valence-electron chi connectivity index (χ2n) is 7.29. The maximum Gasteiger partial charge on any atom is 0.242 e. The van der Waals surface area contributed by atoms with Gasteiger partial charge in [-0.3, -0.25) is 14.8 Å². The highest BCUT2D eigenvalue weighted by molar-refractivity contribution is 5.83. The van der Waals surface area contributed by atoms with Crippen molar-refractivity contribution in [2.45, 2.75) is 51.6 Å². The number of aromatic nitrogens is 2. The van der Waals surface area contributed by atoms with Crippen LogP contribution in [-0.4, -0.2) is 40.1 Å². The van der Waals surface area contributed by atoms with Crippen LogP contribution in [0.4, 0.5) is 0 Å². The van der Waals surface area contributed by atoms with Gasteiger partial charge >= 0.3 is 0 Å². The number of piperidine rings is 1. The van der Waals surface area contributed by atoms with E-state index in [-0.39, 0.29) is 18.0 Å². The molecular weight excluding hydrogens is 312 g/mol. The minimum absolute atomic E-state index is 0.0834. The van der Waals surface area contributed by atoms with Gasteiger partial charge in [0.2, 0.25) is 5.91 Å². The largest absolute Gasteiger partial charge is 0.352 e. The number of benzene rings is 1. The molecule has 1 amide bonds. The van der Waals surface area contributed by atoms with Crippen LogP contribution in [0.5, 0.6) is 0 Å². The van der Waals surface area contributed by atoms with Crippen molar-refractivity contribution in [3.05, 3.63) is 53.3 Å². The van der Waals surface area contributed by atoms with Crippen molar-refractivity contribution in [3.8, 4) is 0 Å². The van der Waals surface area contributed by atoms with Crippen molar-refractivity contribution in [3.63, 3.8) is 0 Å². The number of aromatic amines is 1. The van der Waals surface area contributed by atoms with Crippen molar-refractivity contribution in [2.24, 2.45) is 0 Å². The van der Waals surface area contributed by atoms with E-state index in [9.17, 15) is 4.79 Å². The molecule has 0 radical (unpaired) electrons. The Morgan fingerprint density at radius 1 is 1.32 bits per heavy atom. The molecular formula is C20H28N4O. The smallest absolute Gasteiger partial charge is 0.242 e. The summed E-state index contributed by atoms with van der Waals surface area (Å²) >= 11 is 0. The van der Waals surface area contributed by atoms with Gasteiger partial charge in [-0.2, -0.15) is 5.10 Å². The lowest BCUT2D eigenvalue weighted by molar-refractivity contribution is -0.127. The van der Waals surface area contributed by atoms with Gasteiger partial charge in [-0.1, -0.05) is 30.3 Å². The van der Waals surface area contributed by atoms with Crippen molar-refractivity contribution in [1.29, 1.82) is 0 Å². The Balaban J connectivity index is 1.83. The first-order valence-electron chi connectivity index (χ1n) is 9.16. The SMILES string of the molecule is Cc1cc([C@@H]2CCCN([C@H](C(=O)NC(C)C)c3ccccc3)C2)n[nH]1. The molecule has 1 aromatic carbocycles. The van der Waals surface area contributed by atoms with Gasteiger partial charge < -0.3 is 5.32 Å². The molecule has 2 atom stereocenters. The van der Waals surface area contributed by atoms with E-state index in [2.05, 4.69) is 26.5 Å². The van der Waals surface area contributed by atoms with Crippen LogP contribution in [0.1, 0.15) is 55.6 Å². The van der Waals surface area contributed by atoms with Crippen LogP contribution in [0.3, 0.4) is 0 Å². The fraction of sp³-hybridized carbons (Fsp3) is 0.500. The zero-order chi connectivity index (χ0) is 17.8. The first kappa shape index (κ1) is 17.7. The highest BCUT2D eigenvalue weighted by Gasteiger charge is 2.33. The number of hydrogen-bond acceptors (Lipinski definition) is 3. The van der Waals surface area contributed by atoms with Crippen molar-refractivity contribution in [1.82, 2.24) is 20.4 Å². The molecule has 5 heteroatoms. The predicted molar refractivity (Wildman–Crippen MR) is 99.3 cm³/mol. The second-order valence-corrected chi connectivity index (χ2v) is 7.29. The molecule has 134 valence electrons. The fourth-order valence-corrected chi connectivity index (χ4v) is 3.66. The van der Waals surface area contributed by atoms with E-state index in [0.29, 0.717) is 5.92 Å². The molecule has 2 N–H and O–H groups in total. The van der Waals surface area contributed by atoms with Gasteiger partial charge in [-0.15, -0.1) is 0 Å². The summed E-state index contributed by atoms with van der Waals surface area (Å²) in [5, 5.41) is 10.6. The second kappa shape index (κ2) is 7.83. The number of H-pyrrole nitrogens is 1. The van der Waals surface area contributed by atoms with Gasteiger partial charge in [0, 0.05) is 24.2 Å². The molecule has 1 saturated heterocycles. The van der Waals surface area contributed by atoms with E-state index in [0.717, 1.165) is 42.9 Å². The number of likely N-dealkylation sites (tertiary alicyclic amines) is 1. The maximum atomic E-state index is 12.9. The van der Waals surface area contributed by atoms with Gasteiger partial charge in [0.15, 0.2) is 0 Å². The molecule has 1 aliphatic heterocycles. The molecule has 2 aromatic rings. The fourth-order valence-electron chi connectivity index (χ4n) is 3.66. The third-order valence-corrected chi connectivity index (χ3v) is 4.76. The highest BCUT2D eigenvalue weighted by Crippen LogP contribution is 2.31. The van der Waals surface area contributed by atoms with Crippen LogP contribution in [0.2, 0.25) is 0 Å². The molecule has 0 spiro atoms. The van der Waals surface area contributed by atoms with Crippen LogP contribution in [0.25, 0.3) is 0 Å². The number of carbonyl (C=O) groups excluding carboxylic acids is 1. The summed E-state index contributed by atoms with van der Waals surface area (Å²) in [7, 11) is 0. The lowest BCUT2D eigenvalue weighted by Gasteiger charge is -2.37. The summed E-state index contributed by atoms with van der Waals surface area (Å²) in [5.41, 5.74) is 3.25. The molecule has 5 nitrogen and oxygen atoms in total. The molecule has 25 heavy (non-hydrogen) atoms. The number of nitrogens with zero attached hydrogens (tertiary/aromatic N) is 2. The molecule has 1 fully saturated rings. The van der Waals surface area contributed by atoms with Crippen LogP contribution in [0, 0.1) is 6.92 Å². The average molecular weight is 340 g/mol. The van der Waals surface area contributed by atoms with E-state index in [1.165, 1.54) is 0 Å². The summed E-state index contributed by atoms with van der Waals surface area (Å²) in [5.74, 6) is 0.455. The molecule has 3 rings (SSSR count). The Kier molecular flexibility index (Phi) is 5.53. The number of hydrogen-bond donors (Lipinski definition) is 2. The third kappa shape index (κ3) is 4.28. The summed E-state index contributed by atoms with van der Waals surface area (Å²) in [6, 6.07) is 12.1. The Hall–Kier alpha value is -2.14. The number of aryl methyl sites for hydroxylation is 1. The first-order chi connectivity index (χ1) is 12.0. The van der Waals surface area contributed by atoms with E-state index in [1.54, 1.807) is 0 Å². The van der Waals surface area contributed by atoms with Crippen LogP contribution >= 0.6 is 0 Å². The summed E-state index contributed by atoms with van der Waals surface area (Å²) in [6.45, 7) is 7.83. The lowest BCUT2D eigenvalue weighted by atomic mass is 9.92. The van der Waals surface area contributed by atoms with E-state index >= 15 is 0 Å². The van der Waals surface area contributed by atoms with E-state index in [4.69, 9.17) is 0 Å². The Morgan fingerprint density at radius 2 is 2.08 bits per heavy atom. The van der Waals surface area contributed by atoms with Gasteiger partial charge in [0.05, 0.1) is 5.69 Å². The maximum absolute atomic E-state index is 12.9. The Morgan fingerprint density at radius 3 is 2.72 bits per heavy atom. The minimum Gasteiger partial charge on any atom is -0.352 e. The summed E-state index contributed by atoms with van der Waals surface area (Å²) in [6.07, 6.45) is 2.20. The molecule has 0 unspecified atom stereocenters.